The number of aromatic nitrogens is 2. The van der Waals surface area contributed by atoms with Crippen molar-refractivity contribution in [1.82, 2.24) is 19.4 Å². The van der Waals surface area contributed by atoms with E-state index in [1.165, 1.54) is 0 Å². The number of carbonyl (C=O) groups is 1. The predicted molar refractivity (Wildman–Crippen MR) is 143 cm³/mol. The van der Waals surface area contributed by atoms with Crippen LogP contribution in [0.1, 0.15) is 26.2 Å². The second kappa shape index (κ2) is 11.3. The summed E-state index contributed by atoms with van der Waals surface area (Å²) in [6.07, 6.45) is 12.5. The van der Waals surface area contributed by atoms with Crippen molar-refractivity contribution in [2.75, 3.05) is 26.2 Å². The summed E-state index contributed by atoms with van der Waals surface area (Å²) >= 11 is 0. The highest BCUT2D eigenvalue weighted by molar-refractivity contribution is 5.73. The van der Waals surface area contributed by atoms with Gasteiger partial charge in [-0.05, 0) is 67.4 Å². The van der Waals surface area contributed by atoms with Crippen LogP contribution >= 0.6 is 0 Å². The summed E-state index contributed by atoms with van der Waals surface area (Å²) in [5, 5.41) is 2.98. The van der Waals surface area contributed by atoms with Crippen molar-refractivity contribution in [1.29, 1.82) is 0 Å². The molecule has 8 nitrogen and oxygen atoms in total. The van der Waals surface area contributed by atoms with Gasteiger partial charge in [0.2, 0.25) is 5.91 Å². The third-order valence-corrected chi connectivity index (χ3v) is 6.59. The molecule has 1 saturated heterocycles. The SMILES string of the molecule is CC(=O)NC1CCN(CCOc2ccc(-n3ccn(-c4ccc(OC5=CC=CCC5)cc4)c3=O)cc2)C1. The second-order valence-corrected chi connectivity index (χ2v) is 9.35. The zero-order valence-corrected chi connectivity index (χ0v) is 21.0. The molecule has 2 heterocycles. The van der Waals surface area contributed by atoms with Crippen molar-refractivity contribution < 1.29 is 14.3 Å². The number of amides is 1. The molecule has 8 heteroatoms. The summed E-state index contributed by atoms with van der Waals surface area (Å²) in [4.78, 5) is 26.6. The number of likely N-dealkylation sites (tertiary alicyclic amines) is 1. The summed E-state index contributed by atoms with van der Waals surface area (Å²) in [7, 11) is 0. The maximum atomic E-state index is 13.1. The molecule has 1 atom stereocenters. The van der Waals surface area contributed by atoms with Gasteiger partial charge in [-0.1, -0.05) is 12.2 Å². The third-order valence-electron chi connectivity index (χ3n) is 6.59. The van der Waals surface area contributed by atoms with Crippen molar-refractivity contribution in [2.24, 2.45) is 0 Å². The van der Waals surface area contributed by atoms with Gasteiger partial charge in [-0.3, -0.25) is 18.8 Å². The van der Waals surface area contributed by atoms with Crippen molar-refractivity contribution in [3.05, 3.63) is 95.4 Å². The first-order valence-corrected chi connectivity index (χ1v) is 12.7. The molecule has 1 aliphatic carbocycles. The Kier molecular flexibility index (Phi) is 7.56. The molecule has 1 amide bonds. The number of ether oxygens (including phenoxy) is 2. The molecule has 1 aliphatic heterocycles. The lowest BCUT2D eigenvalue weighted by Crippen LogP contribution is -2.36. The monoisotopic (exact) mass is 500 g/mol. The number of nitrogens with zero attached hydrogens (tertiary/aromatic N) is 3. The van der Waals surface area contributed by atoms with E-state index in [1.54, 1.807) is 28.5 Å². The fourth-order valence-electron chi connectivity index (χ4n) is 4.70. The van der Waals surface area contributed by atoms with E-state index < -0.39 is 0 Å². The van der Waals surface area contributed by atoms with Crippen molar-refractivity contribution >= 4 is 5.91 Å². The van der Waals surface area contributed by atoms with Crippen LogP contribution in [0.15, 0.2) is 89.7 Å². The van der Waals surface area contributed by atoms with Crippen LogP contribution in [0.5, 0.6) is 11.5 Å². The molecule has 2 aromatic carbocycles. The lowest BCUT2D eigenvalue weighted by atomic mass is 10.2. The van der Waals surface area contributed by atoms with Gasteiger partial charge >= 0.3 is 5.69 Å². The van der Waals surface area contributed by atoms with Gasteiger partial charge in [-0.15, -0.1) is 0 Å². The largest absolute Gasteiger partial charge is 0.492 e. The molecule has 1 N–H and O–H groups in total. The van der Waals surface area contributed by atoms with E-state index >= 15 is 0 Å². The first-order valence-electron chi connectivity index (χ1n) is 12.7. The molecular weight excluding hydrogens is 468 g/mol. The van der Waals surface area contributed by atoms with Crippen LogP contribution in [-0.2, 0) is 4.79 Å². The number of rotatable bonds is 9. The lowest BCUT2D eigenvalue weighted by Gasteiger charge is -2.16. The molecular formula is C29H32N4O4. The van der Waals surface area contributed by atoms with Crippen molar-refractivity contribution in [2.45, 2.75) is 32.2 Å². The van der Waals surface area contributed by atoms with Crippen LogP contribution in [0.25, 0.3) is 11.4 Å². The van der Waals surface area contributed by atoms with Crippen LogP contribution in [0, 0.1) is 0 Å². The van der Waals surface area contributed by atoms with E-state index in [0.29, 0.717) is 6.61 Å². The molecule has 3 aromatic rings. The number of nitrogens with one attached hydrogen (secondary N) is 1. The van der Waals surface area contributed by atoms with Gasteiger partial charge in [0.25, 0.3) is 0 Å². The lowest BCUT2D eigenvalue weighted by molar-refractivity contribution is -0.119. The van der Waals surface area contributed by atoms with Gasteiger partial charge < -0.3 is 14.8 Å². The summed E-state index contributed by atoms with van der Waals surface area (Å²) in [6.45, 7) is 4.74. The summed E-state index contributed by atoms with van der Waals surface area (Å²) < 4.78 is 15.1. The molecule has 1 unspecified atom stereocenters. The van der Waals surface area contributed by atoms with E-state index in [0.717, 1.165) is 67.5 Å². The topological polar surface area (TPSA) is 77.7 Å². The molecule has 37 heavy (non-hydrogen) atoms. The Hall–Kier alpha value is -4.04. The fraction of sp³-hybridized carbons (Fsp3) is 0.310. The molecule has 0 saturated carbocycles. The molecule has 0 radical (unpaired) electrons. The van der Waals surface area contributed by atoms with Gasteiger partial charge in [-0.2, -0.15) is 0 Å². The molecule has 1 fully saturated rings. The van der Waals surface area contributed by atoms with Gasteiger partial charge in [0, 0.05) is 51.4 Å². The van der Waals surface area contributed by atoms with Crippen LogP contribution in [-0.4, -0.2) is 52.2 Å². The van der Waals surface area contributed by atoms with Gasteiger partial charge in [0.15, 0.2) is 0 Å². The maximum absolute atomic E-state index is 13.1. The van der Waals surface area contributed by atoms with E-state index in [-0.39, 0.29) is 17.6 Å². The highest BCUT2D eigenvalue weighted by Gasteiger charge is 2.22. The number of hydrogen-bond donors (Lipinski definition) is 1. The van der Waals surface area contributed by atoms with Crippen molar-refractivity contribution in [3.8, 4) is 22.9 Å². The Morgan fingerprint density at radius 3 is 2.30 bits per heavy atom. The Labute approximate surface area is 216 Å². The van der Waals surface area contributed by atoms with Crippen LogP contribution in [0.4, 0.5) is 0 Å². The zero-order valence-electron chi connectivity index (χ0n) is 21.0. The first-order chi connectivity index (χ1) is 18.0. The van der Waals surface area contributed by atoms with Crippen LogP contribution in [0.2, 0.25) is 0 Å². The molecule has 5 rings (SSSR count). The summed E-state index contributed by atoms with van der Waals surface area (Å²) in [6, 6.07) is 15.3. The molecule has 2 aliphatic rings. The van der Waals surface area contributed by atoms with Gasteiger partial charge in [-0.25, -0.2) is 4.79 Å². The minimum Gasteiger partial charge on any atom is -0.492 e. The molecule has 0 bridgehead atoms. The predicted octanol–water partition coefficient (Wildman–Crippen LogP) is 3.83. The van der Waals surface area contributed by atoms with Crippen LogP contribution in [0.3, 0.4) is 0 Å². The number of carbonyl (C=O) groups excluding carboxylic acids is 1. The average Bonchev–Trinajstić information content (AvgIpc) is 3.51. The summed E-state index contributed by atoms with van der Waals surface area (Å²) in [5.74, 6) is 2.47. The third kappa shape index (κ3) is 6.21. The Morgan fingerprint density at radius 2 is 1.68 bits per heavy atom. The Morgan fingerprint density at radius 1 is 1.00 bits per heavy atom. The number of allylic oxidation sites excluding steroid dienone is 4. The number of benzene rings is 2. The standard InChI is InChI=1S/C29H32N4O4/c1-22(34)30-23-15-16-31(21-23)19-20-36-26-11-7-24(8-12-26)32-17-18-33(29(32)35)25-9-13-28(14-10-25)37-27-5-3-2-4-6-27/h2-3,5,7-14,17-18,23H,4,6,15-16,19-21H2,1H3,(H,30,34). The van der Waals surface area contributed by atoms with E-state index in [4.69, 9.17) is 9.47 Å². The minimum atomic E-state index is -0.148. The van der Waals surface area contributed by atoms with E-state index in [2.05, 4.69) is 16.3 Å². The van der Waals surface area contributed by atoms with Gasteiger partial charge in [0.1, 0.15) is 23.9 Å². The van der Waals surface area contributed by atoms with E-state index in [9.17, 15) is 9.59 Å². The average molecular weight is 501 g/mol. The zero-order chi connectivity index (χ0) is 25.6. The Bertz CT molecular complexity index is 1340. The normalized spacial score (nSPS) is 17.4. The second-order valence-electron chi connectivity index (χ2n) is 9.35. The molecule has 192 valence electrons. The Balaban J connectivity index is 1.16. The van der Waals surface area contributed by atoms with E-state index in [1.807, 2.05) is 60.7 Å². The minimum absolute atomic E-state index is 0.0196. The first kappa shape index (κ1) is 24.6. The smallest absolute Gasteiger partial charge is 0.337 e. The highest BCUT2D eigenvalue weighted by atomic mass is 16.5. The highest BCUT2D eigenvalue weighted by Crippen LogP contribution is 2.21. The van der Waals surface area contributed by atoms with Crippen molar-refractivity contribution in [3.63, 3.8) is 0 Å². The quantitative estimate of drug-likeness (QED) is 0.483. The van der Waals surface area contributed by atoms with Crippen LogP contribution < -0.4 is 20.5 Å². The maximum Gasteiger partial charge on any atom is 0.337 e. The summed E-state index contributed by atoms with van der Waals surface area (Å²) in [5.41, 5.74) is 1.40. The number of imidazole rings is 1. The van der Waals surface area contributed by atoms with Gasteiger partial charge in [0.05, 0.1) is 11.4 Å². The molecule has 0 spiro atoms. The molecule has 1 aromatic heterocycles. The number of hydrogen-bond acceptors (Lipinski definition) is 5. The fourth-order valence-corrected chi connectivity index (χ4v) is 4.70.